The minimum atomic E-state index is 0.0607. The van der Waals surface area contributed by atoms with Crippen molar-refractivity contribution < 1.29 is 4.79 Å². The van der Waals surface area contributed by atoms with Crippen LogP contribution in [-0.2, 0) is 4.79 Å². The fourth-order valence-corrected chi connectivity index (χ4v) is 1.58. The van der Waals surface area contributed by atoms with E-state index in [4.69, 9.17) is 11.6 Å². The third kappa shape index (κ3) is 6.77. The van der Waals surface area contributed by atoms with Gasteiger partial charge in [-0.3, -0.25) is 4.79 Å². The fraction of sp³-hybridized carbons (Fsp3) is 0.917. The van der Waals surface area contributed by atoms with Crippen LogP contribution in [0.1, 0.15) is 47.5 Å². The maximum atomic E-state index is 12.0. The largest absolute Gasteiger partial charge is 0.340 e. The van der Waals surface area contributed by atoms with Crippen molar-refractivity contribution in [1.82, 2.24) is 4.90 Å². The zero-order valence-electron chi connectivity index (χ0n) is 10.6. The summed E-state index contributed by atoms with van der Waals surface area (Å²) < 4.78 is 0. The molecule has 90 valence electrons. The van der Waals surface area contributed by atoms with Crippen LogP contribution >= 0.6 is 11.6 Å². The van der Waals surface area contributed by atoms with Gasteiger partial charge in [0.15, 0.2) is 0 Å². The number of nitrogens with zero attached hydrogens (tertiary/aromatic N) is 1. The molecule has 0 aliphatic heterocycles. The second-order valence-electron chi connectivity index (χ2n) is 5.46. The lowest BCUT2D eigenvalue weighted by Crippen LogP contribution is -2.39. The number of hydrogen-bond acceptors (Lipinski definition) is 1. The number of amides is 1. The topological polar surface area (TPSA) is 20.3 Å². The molecule has 0 aromatic rings. The van der Waals surface area contributed by atoms with E-state index < -0.39 is 0 Å². The third-order valence-electron chi connectivity index (χ3n) is 2.16. The van der Waals surface area contributed by atoms with Gasteiger partial charge in [-0.25, -0.2) is 0 Å². The highest BCUT2D eigenvalue weighted by Crippen LogP contribution is 2.20. The van der Waals surface area contributed by atoms with Gasteiger partial charge in [0.1, 0.15) is 0 Å². The lowest BCUT2D eigenvalue weighted by molar-refractivity contribution is -0.134. The van der Waals surface area contributed by atoms with Gasteiger partial charge in [-0.1, -0.05) is 20.8 Å². The smallest absolute Gasteiger partial charge is 0.223 e. The summed E-state index contributed by atoms with van der Waals surface area (Å²) in [7, 11) is 0. The molecule has 15 heavy (non-hydrogen) atoms. The van der Waals surface area contributed by atoms with E-state index in [2.05, 4.69) is 34.6 Å². The molecule has 0 radical (unpaired) electrons. The average molecular weight is 234 g/mol. The summed E-state index contributed by atoms with van der Waals surface area (Å²) in [4.78, 5) is 13.9. The van der Waals surface area contributed by atoms with Crippen molar-refractivity contribution in [2.45, 2.75) is 53.5 Å². The van der Waals surface area contributed by atoms with Crippen LogP contribution in [0.5, 0.6) is 0 Å². The van der Waals surface area contributed by atoms with Gasteiger partial charge in [0.05, 0.1) is 0 Å². The molecule has 0 aliphatic rings. The molecule has 0 fully saturated rings. The average Bonchev–Trinajstić information content (AvgIpc) is 2.00. The van der Waals surface area contributed by atoms with Crippen molar-refractivity contribution in [2.75, 3.05) is 12.4 Å². The second kappa shape index (κ2) is 6.37. The minimum Gasteiger partial charge on any atom is -0.340 e. The number of rotatable bonds is 5. The number of carbonyl (C=O) groups excluding carboxylic acids is 1. The van der Waals surface area contributed by atoms with Gasteiger partial charge >= 0.3 is 0 Å². The third-order valence-corrected chi connectivity index (χ3v) is 2.43. The van der Waals surface area contributed by atoms with E-state index in [0.29, 0.717) is 12.3 Å². The van der Waals surface area contributed by atoms with Gasteiger partial charge in [-0.2, -0.15) is 0 Å². The van der Waals surface area contributed by atoms with E-state index in [1.54, 1.807) is 0 Å². The van der Waals surface area contributed by atoms with E-state index in [1.807, 2.05) is 4.90 Å². The normalized spacial score (nSPS) is 11.9. The fourth-order valence-electron chi connectivity index (χ4n) is 1.46. The quantitative estimate of drug-likeness (QED) is 0.668. The summed E-state index contributed by atoms with van der Waals surface area (Å²) in [5, 5.41) is 0. The Labute approximate surface area is 99.0 Å². The van der Waals surface area contributed by atoms with Gasteiger partial charge in [0.25, 0.3) is 0 Å². The summed E-state index contributed by atoms with van der Waals surface area (Å²) in [5.41, 5.74) is 0.0607. The molecule has 0 saturated heterocycles. The first-order valence-electron chi connectivity index (χ1n) is 5.63. The van der Waals surface area contributed by atoms with E-state index in [0.717, 1.165) is 13.0 Å². The van der Waals surface area contributed by atoms with Crippen molar-refractivity contribution in [3.8, 4) is 0 Å². The zero-order valence-corrected chi connectivity index (χ0v) is 11.4. The van der Waals surface area contributed by atoms with Gasteiger partial charge in [0.2, 0.25) is 5.91 Å². The lowest BCUT2D eigenvalue weighted by Gasteiger charge is -2.29. The SMILES string of the molecule is CC(C)N(CCCCl)C(=O)CC(C)(C)C. The van der Waals surface area contributed by atoms with Gasteiger partial charge in [-0.15, -0.1) is 11.6 Å². The molecule has 0 atom stereocenters. The molecule has 0 saturated carbocycles. The molecule has 0 aliphatic carbocycles. The first-order chi connectivity index (χ1) is 6.78. The summed E-state index contributed by atoms with van der Waals surface area (Å²) in [6, 6.07) is 0.267. The maximum Gasteiger partial charge on any atom is 0.223 e. The molecular weight excluding hydrogens is 210 g/mol. The molecule has 0 aromatic heterocycles. The maximum absolute atomic E-state index is 12.0. The van der Waals surface area contributed by atoms with E-state index in [-0.39, 0.29) is 17.4 Å². The lowest BCUT2D eigenvalue weighted by atomic mass is 9.91. The molecule has 0 heterocycles. The van der Waals surface area contributed by atoms with Crippen LogP contribution in [-0.4, -0.2) is 29.3 Å². The van der Waals surface area contributed by atoms with E-state index in [9.17, 15) is 4.79 Å². The molecule has 0 N–H and O–H groups in total. The van der Waals surface area contributed by atoms with Crippen molar-refractivity contribution >= 4 is 17.5 Å². The van der Waals surface area contributed by atoms with E-state index in [1.165, 1.54) is 0 Å². The summed E-state index contributed by atoms with van der Waals surface area (Å²) in [6.45, 7) is 11.1. The molecular formula is C12H24ClNO. The van der Waals surface area contributed by atoms with Crippen molar-refractivity contribution in [3.63, 3.8) is 0 Å². The Morgan fingerprint density at radius 2 is 1.87 bits per heavy atom. The van der Waals surface area contributed by atoms with Crippen LogP contribution in [0.25, 0.3) is 0 Å². The molecule has 1 amide bonds. The Hall–Kier alpha value is -0.240. The molecule has 3 heteroatoms. The molecule has 0 rings (SSSR count). The Balaban J connectivity index is 4.29. The Morgan fingerprint density at radius 3 is 2.20 bits per heavy atom. The number of hydrogen-bond donors (Lipinski definition) is 0. The Bertz CT molecular complexity index is 196. The van der Waals surface area contributed by atoms with Gasteiger partial charge < -0.3 is 4.90 Å². The molecule has 0 bridgehead atoms. The summed E-state index contributed by atoms with van der Waals surface area (Å²) in [5.74, 6) is 0.856. The Kier molecular flexibility index (Phi) is 6.26. The first kappa shape index (κ1) is 14.8. The second-order valence-corrected chi connectivity index (χ2v) is 5.84. The predicted octanol–water partition coefficient (Wildman–Crippen LogP) is 3.29. The molecule has 0 unspecified atom stereocenters. The first-order valence-corrected chi connectivity index (χ1v) is 6.17. The van der Waals surface area contributed by atoms with Crippen LogP contribution in [0.4, 0.5) is 0 Å². The van der Waals surface area contributed by atoms with Gasteiger partial charge in [-0.05, 0) is 25.7 Å². The van der Waals surface area contributed by atoms with Crippen LogP contribution < -0.4 is 0 Å². The number of carbonyl (C=O) groups is 1. The van der Waals surface area contributed by atoms with Gasteiger partial charge in [0, 0.05) is 24.9 Å². The van der Waals surface area contributed by atoms with Crippen molar-refractivity contribution in [2.24, 2.45) is 5.41 Å². The highest BCUT2D eigenvalue weighted by atomic mass is 35.5. The number of halogens is 1. The van der Waals surface area contributed by atoms with Crippen LogP contribution in [0.3, 0.4) is 0 Å². The monoisotopic (exact) mass is 233 g/mol. The number of alkyl halides is 1. The minimum absolute atomic E-state index is 0.0607. The Morgan fingerprint density at radius 1 is 1.33 bits per heavy atom. The van der Waals surface area contributed by atoms with Crippen LogP contribution in [0, 0.1) is 5.41 Å². The standard InChI is InChI=1S/C12H24ClNO/c1-10(2)14(8-6-7-13)11(15)9-12(3,4)5/h10H,6-9H2,1-5H3. The van der Waals surface area contributed by atoms with Crippen molar-refractivity contribution in [3.05, 3.63) is 0 Å². The summed E-state index contributed by atoms with van der Waals surface area (Å²) in [6.07, 6.45) is 1.48. The zero-order chi connectivity index (χ0) is 12.1. The van der Waals surface area contributed by atoms with Crippen molar-refractivity contribution in [1.29, 1.82) is 0 Å². The molecule has 0 spiro atoms. The van der Waals surface area contributed by atoms with Crippen LogP contribution in [0.2, 0.25) is 0 Å². The predicted molar refractivity (Wildman–Crippen MR) is 66.3 cm³/mol. The van der Waals surface area contributed by atoms with E-state index >= 15 is 0 Å². The summed E-state index contributed by atoms with van der Waals surface area (Å²) >= 11 is 5.65. The highest BCUT2D eigenvalue weighted by molar-refractivity contribution is 6.17. The molecule has 0 aromatic carbocycles. The molecule has 2 nitrogen and oxygen atoms in total. The van der Waals surface area contributed by atoms with Crippen LogP contribution in [0.15, 0.2) is 0 Å². The highest BCUT2D eigenvalue weighted by Gasteiger charge is 2.22.